The van der Waals surface area contributed by atoms with Crippen LogP contribution >= 0.6 is 0 Å². The van der Waals surface area contributed by atoms with Gasteiger partial charge >= 0.3 is 0 Å². The van der Waals surface area contributed by atoms with Gasteiger partial charge in [-0.15, -0.1) is 0 Å². The molecule has 5 heteroatoms. The Kier molecular flexibility index (Phi) is 4.01. The predicted molar refractivity (Wildman–Crippen MR) is 77.4 cm³/mol. The van der Waals surface area contributed by atoms with Gasteiger partial charge in [-0.2, -0.15) is 0 Å². The van der Waals surface area contributed by atoms with Crippen molar-refractivity contribution >= 4 is 5.91 Å². The topological polar surface area (TPSA) is 59.0 Å². The molecule has 2 aliphatic heterocycles. The second-order valence-corrected chi connectivity index (χ2v) is 5.67. The first-order valence-corrected chi connectivity index (χ1v) is 7.54. The number of amides is 1. The van der Waals surface area contributed by atoms with Crippen LogP contribution in [0.5, 0.6) is 11.5 Å². The minimum absolute atomic E-state index is 0.00425. The molecule has 114 valence electrons. The minimum Gasteiger partial charge on any atom is -0.482 e. The number of carbonyl (C=O) groups excluding carboxylic acids is 1. The van der Waals surface area contributed by atoms with Crippen molar-refractivity contribution in [3.05, 3.63) is 24.3 Å². The number of para-hydroxylation sites is 2. The molecule has 0 aromatic heterocycles. The highest BCUT2D eigenvalue weighted by molar-refractivity contribution is 5.83. The molecule has 0 aliphatic carbocycles. The molecule has 0 bridgehead atoms. The number of carbonyl (C=O) groups is 1. The molecule has 1 N–H and O–H groups in total. The van der Waals surface area contributed by atoms with Gasteiger partial charge in [0.1, 0.15) is 6.10 Å². The van der Waals surface area contributed by atoms with E-state index in [0.717, 1.165) is 19.3 Å². The number of aliphatic hydroxyl groups excluding tert-OH is 1. The predicted octanol–water partition coefficient (Wildman–Crippen LogP) is 1.59. The number of ether oxygens (including phenoxy) is 2. The van der Waals surface area contributed by atoms with Crippen molar-refractivity contribution in [2.45, 2.75) is 44.4 Å². The summed E-state index contributed by atoms with van der Waals surface area (Å²) in [4.78, 5) is 14.5. The molecule has 3 atom stereocenters. The summed E-state index contributed by atoms with van der Waals surface area (Å²) in [6.45, 7) is 2.53. The van der Waals surface area contributed by atoms with Crippen LogP contribution in [0.4, 0.5) is 0 Å². The molecule has 0 spiro atoms. The second kappa shape index (κ2) is 5.93. The molecule has 1 fully saturated rings. The van der Waals surface area contributed by atoms with E-state index in [-0.39, 0.29) is 24.7 Å². The van der Waals surface area contributed by atoms with E-state index >= 15 is 0 Å². The van der Waals surface area contributed by atoms with Crippen molar-refractivity contribution in [1.82, 2.24) is 4.90 Å². The zero-order valence-corrected chi connectivity index (χ0v) is 12.2. The number of hydrogen-bond donors (Lipinski definition) is 1. The van der Waals surface area contributed by atoms with Gasteiger partial charge in [0.25, 0.3) is 5.91 Å². The van der Waals surface area contributed by atoms with Gasteiger partial charge in [0, 0.05) is 6.54 Å². The monoisotopic (exact) mass is 291 g/mol. The first-order valence-electron chi connectivity index (χ1n) is 7.54. The Labute approximate surface area is 124 Å². The molecule has 2 aliphatic rings. The first-order chi connectivity index (χ1) is 10.2. The number of likely N-dealkylation sites (tertiary alicyclic amines) is 1. The van der Waals surface area contributed by atoms with Crippen LogP contribution in [0.2, 0.25) is 0 Å². The fourth-order valence-corrected chi connectivity index (χ4v) is 3.03. The van der Waals surface area contributed by atoms with Crippen LogP contribution in [-0.2, 0) is 4.79 Å². The molecular formula is C16H21NO4. The zero-order valence-electron chi connectivity index (χ0n) is 12.2. The van der Waals surface area contributed by atoms with Crippen molar-refractivity contribution in [3.63, 3.8) is 0 Å². The number of piperidine rings is 1. The summed E-state index contributed by atoms with van der Waals surface area (Å²) < 4.78 is 11.6. The van der Waals surface area contributed by atoms with Crippen LogP contribution < -0.4 is 9.47 Å². The Hall–Kier alpha value is -1.75. The van der Waals surface area contributed by atoms with Crippen molar-refractivity contribution in [1.29, 1.82) is 0 Å². The fraction of sp³-hybridized carbons (Fsp3) is 0.562. The molecule has 3 unspecified atom stereocenters. The minimum atomic E-state index is -0.646. The Morgan fingerprint density at radius 3 is 2.71 bits per heavy atom. The van der Waals surface area contributed by atoms with E-state index in [0.29, 0.717) is 18.0 Å². The maximum atomic E-state index is 12.8. The summed E-state index contributed by atoms with van der Waals surface area (Å²) in [6, 6.07) is 7.28. The van der Waals surface area contributed by atoms with E-state index in [1.165, 1.54) is 0 Å². The van der Waals surface area contributed by atoms with Crippen LogP contribution in [0.3, 0.4) is 0 Å². The van der Waals surface area contributed by atoms with E-state index in [9.17, 15) is 9.90 Å². The molecule has 0 saturated carbocycles. The highest BCUT2D eigenvalue weighted by Gasteiger charge is 2.39. The van der Waals surface area contributed by atoms with E-state index in [2.05, 4.69) is 0 Å². The van der Waals surface area contributed by atoms with Gasteiger partial charge < -0.3 is 19.5 Å². The molecule has 3 rings (SSSR count). The summed E-state index contributed by atoms with van der Waals surface area (Å²) in [6.07, 6.45) is 1.89. The van der Waals surface area contributed by atoms with Crippen LogP contribution in [0.25, 0.3) is 0 Å². The fourth-order valence-electron chi connectivity index (χ4n) is 3.03. The Morgan fingerprint density at radius 1 is 1.29 bits per heavy atom. The summed E-state index contributed by atoms with van der Waals surface area (Å²) in [7, 11) is 0. The molecule has 21 heavy (non-hydrogen) atoms. The van der Waals surface area contributed by atoms with E-state index in [1.807, 2.05) is 25.1 Å². The molecule has 0 radical (unpaired) electrons. The zero-order chi connectivity index (χ0) is 14.8. The van der Waals surface area contributed by atoms with Gasteiger partial charge in [-0.1, -0.05) is 12.1 Å². The SMILES string of the molecule is CC1Oc2ccccc2OC1C(=O)N1CCCCC1CO. The second-order valence-electron chi connectivity index (χ2n) is 5.67. The van der Waals surface area contributed by atoms with Crippen molar-refractivity contribution < 1.29 is 19.4 Å². The average molecular weight is 291 g/mol. The highest BCUT2D eigenvalue weighted by atomic mass is 16.6. The van der Waals surface area contributed by atoms with Crippen LogP contribution in [0, 0.1) is 0 Å². The standard InChI is InChI=1S/C16H21NO4/c1-11-15(21-14-8-3-2-7-13(14)20-11)16(19)17-9-5-4-6-12(17)10-18/h2-3,7-8,11-12,15,18H,4-6,9-10H2,1H3. The molecule has 1 saturated heterocycles. The number of nitrogens with zero attached hydrogens (tertiary/aromatic N) is 1. The lowest BCUT2D eigenvalue weighted by molar-refractivity contribution is -0.149. The van der Waals surface area contributed by atoms with Gasteiger partial charge in [-0.3, -0.25) is 4.79 Å². The summed E-state index contributed by atoms with van der Waals surface area (Å²) in [5, 5.41) is 9.47. The molecule has 1 aromatic rings. The normalized spacial score (nSPS) is 28.3. The van der Waals surface area contributed by atoms with Crippen molar-refractivity contribution in [3.8, 4) is 11.5 Å². The van der Waals surface area contributed by atoms with E-state index in [4.69, 9.17) is 9.47 Å². The number of rotatable bonds is 2. The van der Waals surface area contributed by atoms with E-state index < -0.39 is 6.10 Å². The van der Waals surface area contributed by atoms with Crippen molar-refractivity contribution in [2.75, 3.05) is 13.2 Å². The highest BCUT2D eigenvalue weighted by Crippen LogP contribution is 2.34. The van der Waals surface area contributed by atoms with Gasteiger partial charge in [0.05, 0.1) is 12.6 Å². The molecule has 2 heterocycles. The molecule has 1 amide bonds. The van der Waals surface area contributed by atoms with Gasteiger partial charge in [-0.05, 0) is 38.3 Å². The number of aliphatic hydroxyl groups is 1. The largest absolute Gasteiger partial charge is 0.482 e. The third-order valence-corrected chi connectivity index (χ3v) is 4.21. The maximum Gasteiger partial charge on any atom is 0.267 e. The van der Waals surface area contributed by atoms with Crippen LogP contribution in [-0.4, -0.2) is 47.3 Å². The number of hydrogen-bond acceptors (Lipinski definition) is 4. The third-order valence-electron chi connectivity index (χ3n) is 4.21. The summed E-state index contributed by atoms with van der Waals surface area (Å²) >= 11 is 0. The number of benzene rings is 1. The maximum absolute atomic E-state index is 12.8. The molecule has 5 nitrogen and oxygen atoms in total. The van der Waals surface area contributed by atoms with Crippen LogP contribution in [0.15, 0.2) is 24.3 Å². The van der Waals surface area contributed by atoms with Gasteiger partial charge in [-0.25, -0.2) is 0 Å². The first kappa shape index (κ1) is 14.2. The lowest BCUT2D eigenvalue weighted by Crippen LogP contribution is -2.55. The lowest BCUT2D eigenvalue weighted by Gasteiger charge is -2.39. The van der Waals surface area contributed by atoms with E-state index in [1.54, 1.807) is 11.0 Å². The molecular weight excluding hydrogens is 270 g/mol. The Balaban J connectivity index is 1.78. The average Bonchev–Trinajstić information content (AvgIpc) is 2.53. The number of fused-ring (bicyclic) bond motifs is 1. The Bertz CT molecular complexity index is 519. The smallest absolute Gasteiger partial charge is 0.267 e. The van der Waals surface area contributed by atoms with Gasteiger partial charge in [0.2, 0.25) is 6.10 Å². The quantitative estimate of drug-likeness (QED) is 0.899. The Morgan fingerprint density at radius 2 is 2.00 bits per heavy atom. The summed E-state index contributed by atoms with van der Waals surface area (Å²) in [5.41, 5.74) is 0. The third kappa shape index (κ3) is 2.70. The molecule has 1 aromatic carbocycles. The van der Waals surface area contributed by atoms with Crippen molar-refractivity contribution in [2.24, 2.45) is 0 Å². The summed E-state index contributed by atoms with van der Waals surface area (Å²) in [5.74, 6) is 1.19. The van der Waals surface area contributed by atoms with Gasteiger partial charge in [0.15, 0.2) is 11.5 Å². The van der Waals surface area contributed by atoms with Crippen LogP contribution in [0.1, 0.15) is 26.2 Å². The lowest BCUT2D eigenvalue weighted by atomic mass is 10.0.